The number of hydrogen-bond acceptors (Lipinski definition) is 4. The number of morpholine rings is 1. The van der Waals surface area contributed by atoms with Crippen molar-refractivity contribution in [2.24, 2.45) is 0 Å². The molecule has 4 nitrogen and oxygen atoms in total. The highest BCUT2D eigenvalue weighted by molar-refractivity contribution is 4.89. The number of rotatable bonds is 3. The summed E-state index contributed by atoms with van der Waals surface area (Å²) in [6, 6.07) is 2.17. The van der Waals surface area contributed by atoms with Crippen LogP contribution < -0.4 is 0 Å². The molecule has 0 amide bonds. The molecular formula is C11H18N2O2. The molecule has 0 saturated carbocycles. The largest absolute Gasteiger partial charge is 0.378 e. The fourth-order valence-corrected chi connectivity index (χ4v) is 2.18. The van der Waals surface area contributed by atoms with Gasteiger partial charge in [-0.05, 0) is 19.3 Å². The van der Waals surface area contributed by atoms with Gasteiger partial charge >= 0.3 is 0 Å². The van der Waals surface area contributed by atoms with Crippen molar-refractivity contribution in [2.45, 2.75) is 31.5 Å². The predicted octanol–water partition coefficient (Wildman–Crippen LogP) is 0.780. The molecule has 0 radical (unpaired) electrons. The van der Waals surface area contributed by atoms with E-state index in [2.05, 4.69) is 11.0 Å². The van der Waals surface area contributed by atoms with Gasteiger partial charge in [0.15, 0.2) is 6.10 Å². The van der Waals surface area contributed by atoms with Gasteiger partial charge in [0.2, 0.25) is 0 Å². The molecule has 2 aliphatic rings. The average molecular weight is 210 g/mol. The first-order valence-electron chi connectivity index (χ1n) is 5.73. The van der Waals surface area contributed by atoms with Crippen molar-refractivity contribution in [3.63, 3.8) is 0 Å². The Morgan fingerprint density at radius 1 is 1.33 bits per heavy atom. The zero-order valence-corrected chi connectivity index (χ0v) is 9.02. The van der Waals surface area contributed by atoms with E-state index >= 15 is 0 Å². The van der Waals surface area contributed by atoms with E-state index in [0.29, 0.717) is 12.7 Å². The third-order valence-electron chi connectivity index (χ3n) is 3.09. The van der Waals surface area contributed by atoms with Crippen molar-refractivity contribution in [3.8, 4) is 6.07 Å². The van der Waals surface area contributed by atoms with Crippen molar-refractivity contribution >= 4 is 0 Å². The second kappa shape index (κ2) is 5.45. The van der Waals surface area contributed by atoms with Crippen molar-refractivity contribution in [2.75, 3.05) is 32.8 Å². The molecule has 0 aliphatic carbocycles. The van der Waals surface area contributed by atoms with Gasteiger partial charge in [-0.3, -0.25) is 4.90 Å². The van der Waals surface area contributed by atoms with Crippen LogP contribution >= 0.6 is 0 Å². The lowest BCUT2D eigenvalue weighted by atomic mass is 10.1. The summed E-state index contributed by atoms with van der Waals surface area (Å²) in [5.74, 6) is 0. The Morgan fingerprint density at radius 3 is 3.00 bits per heavy atom. The normalized spacial score (nSPS) is 32.7. The van der Waals surface area contributed by atoms with Gasteiger partial charge in [-0.15, -0.1) is 0 Å². The molecule has 2 saturated heterocycles. The number of nitrogens with zero attached hydrogens (tertiary/aromatic N) is 2. The van der Waals surface area contributed by atoms with E-state index in [9.17, 15) is 0 Å². The predicted molar refractivity (Wildman–Crippen MR) is 55.4 cm³/mol. The van der Waals surface area contributed by atoms with Crippen LogP contribution in [0.5, 0.6) is 0 Å². The van der Waals surface area contributed by atoms with Crippen LogP contribution in [-0.4, -0.2) is 50.0 Å². The van der Waals surface area contributed by atoms with Gasteiger partial charge in [-0.1, -0.05) is 0 Å². The highest BCUT2D eigenvalue weighted by Crippen LogP contribution is 2.16. The lowest BCUT2D eigenvalue weighted by Crippen LogP contribution is -2.42. The van der Waals surface area contributed by atoms with Gasteiger partial charge in [0.05, 0.1) is 18.8 Å². The summed E-state index contributed by atoms with van der Waals surface area (Å²) in [5.41, 5.74) is 0. The Kier molecular flexibility index (Phi) is 3.95. The monoisotopic (exact) mass is 210 g/mol. The van der Waals surface area contributed by atoms with Crippen molar-refractivity contribution in [3.05, 3.63) is 0 Å². The molecule has 0 N–H and O–H groups in total. The van der Waals surface area contributed by atoms with E-state index in [4.69, 9.17) is 14.7 Å². The summed E-state index contributed by atoms with van der Waals surface area (Å²) in [5, 5.41) is 8.76. The van der Waals surface area contributed by atoms with Gasteiger partial charge in [0.1, 0.15) is 0 Å². The minimum absolute atomic E-state index is 0.233. The van der Waals surface area contributed by atoms with Crippen LogP contribution in [0.25, 0.3) is 0 Å². The van der Waals surface area contributed by atoms with Crippen molar-refractivity contribution in [1.29, 1.82) is 5.26 Å². The van der Waals surface area contributed by atoms with Crippen LogP contribution in [0.1, 0.15) is 19.3 Å². The van der Waals surface area contributed by atoms with Crippen LogP contribution in [0.2, 0.25) is 0 Å². The van der Waals surface area contributed by atoms with E-state index in [0.717, 1.165) is 32.7 Å². The van der Waals surface area contributed by atoms with Gasteiger partial charge in [0.25, 0.3) is 0 Å². The highest BCUT2D eigenvalue weighted by atomic mass is 16.5. The number of ether oxygens (including phenoxy) is 2. The third kappa shape index (κ3) is 3.16. The molecule has 2 fully saturated rings. The molecule has 2 aliphatic heterocycles. The number of nitriles is 1. The minimum Gasteiger partial charge on any atom is -0.378 e. The Hall–Kier alpha value is -0.630. The van der Waals surface area contributed by atoms with E-state index in [1.165, 1.54) is 12.8 Å². The molecule has 0 spiro atoms. The van der Waals surface area contributed by atoms with Crippen LogP contribution in [0.15, 0.2) is 0 Å². The van der Waals surface area contributed by atoms with E-state index < -0.39 is 0 Å². The van der Waals surface area contributed by atoms with Crippen LogP contribution in [0, 0.1) is 11.3 Å². The average Bonchev–Trinajstić information content (AvgIpc) is 2.79. The zero-order chi connectivity index (χ0) is 10.5. The van der Waals surface area contributed by atoms with Gasteiger partial charge in [0, 0.05) is 26.2 Å². The smallest absolute Gasteiger partial charge is 0.156 e. The summed E-state index contributed by atoms with van der Waals surface area (Å²) in [7, 11) is 0. The van der Waals surface area contributed by atoms with E-state index in [1.807, 2.05) is 0 Å². The Labute approximate surface area is 90.8 Å². The van der Waals surface area contributed by atoms with Gasteiger partial charge < -0.3 is 9.47 Å². The van der Waals surface area contributed by atoms with Gasteiger partial charge in [-0.2, -0.15) is 5.26 Å². The first kappa shape index (κ1) is 10.9. The van der Waals surface area contributed by atoms with Crippen molar-refractivity contribution < 1.29 is 9.47 Å². The molecule has 2 rings (SSSR count). The van der Waals surface area contributed by atoms with E-state index in [1.54, 1.807) is 0 Å². The topological polar surface area (TPSA) is 45.5 Å². The molecule has 0 bridgehead atoms. The Morgan fingerprint density at radius 2 is 2.27 bits per heavy atom. The summed E-state index contributed by atoms with van der Waals surface area (Å²) < 4.78 is 10.9. The molecule has 4 heteroatoms. The lowest BCUT2D eigenvalue weighted by molar-refractivity contribution is -0.00583. The molecule has 0 aromatic carbocycles. The standard InChI is InChI=1S/C11H18N2O2/c12-8-11-9-13(5-7-15-11)4-3-10-2-1-6-14-10/h10-11H,1-7,9H2. The fraction of sp³-hybridized carbons (Fsp3) is 0.909. The van der Waals surface area contributed by atoms with Crippen LogP contribution in [0.3, 0.4) is 0 Å². The first-order chi connectivity index (χ1) is 7.38. The second-order valence-electron chi connectivity index (χ2n) is 4.21. The highest BCUT2D eigenvalue weighted by Gasteiger charge is 2.22. The van der Waals surface area contributed by atoms with Crippen LogP contribution in [-0.2, 0) is 9.47 Å². The summed E-state index contributed by atoms with van der Waals surface area (Å²) in [6.45, 7) is 4.35. The van der Waals surface area contributed by atoms with E-state index in [-0.39, 0.29) is 6.10 Å². The number of hydrogen-bond donors (Lipinski definition) is 0. The fourth-order valence-electron chi connectivity index (χ4n) is 2.18. The second-order valence-corrected chi connectivity index (χ2v) is 4.21. The first-order valence-corrected chi connectivity index (χ1v) is 5.73. The maximum Gasteiger partial charge on any atom is 0.156 e. The maximum absolute atomic E-state index is 8.76. The Bertz CT molecular complexity index is 233. The molecule has 0 aromatic heterocycles. The minimum atomic E-state index is -0.233. The molecule has 15 heavy (non-hydrogen) atoms. The Balaban J connectivity index is 1.67. The lowest BCUT2D eigenvalue weighted by Gasteiger charge is -2.30. The van der Waals surface area contributed by atoms with Gasteiger partial charge in [-0.25, -0.2) is 0 Å². The summed E-state index contributed by atoms with van der Waals surface area (Å²) in [6.07, 6.45) is 3.72. The summed E-state index contributed by atoms with van der Waals surface area (Å²) >= 11 is 0. The molecule has 2 heterocycles. The quantitative estimate of drug-likeness (QED) is 0.690. The summed E-state index contributed by atoms with van der Waals surface area (Å²) in [4.78, 5) is 2.30. The maximum atomic E-state index is 8.76. The van der Waals surface area contributed by atoms with Crippen molar-refractivity contribution in [1.82, 2.24) is 4.90 Å². The molecule has 84 valence electrons. The molecule has 2 unspecified atom stereocenters. The van der Waals surface area contributed by atoms with Crippen LogP contribution in [0.4, 0.5) is 0 Å². The molecule has 2 atom stereocenters. The molecule has 0 aromatic rings. The third-order valence-corrected chi connectivity index (χ3v) is 3.09. The molecular weight excluding hydrogens is 192 g/mol. The zero-order valence-electron chi connectivity index (χ0n) is 9.02. The SMILES string of the molecule is N#CC1CN(CCC2CCCO2)CCO1.